The van der Waals surface area contributed by atoms with Crippen LogP contribution in [0.4, 0.5) is 0 Å². The minimum Gasteiger partial charge on any atom is -0.332 e. The van der Waals surface area contributed by atoms with Crippen LogP contribution in [0.3, 0.4) is 0 Å². The Labute approximate surface area is 143 Å². The highest BCUT2D eigenvalue weighted by Gasteiger charge is 2.28. The minimum atomic E-state index is -0.480. The van der Waals surface area contributed by atoms with E-state index in [-0.39, 0.29) is 0 Å². The fourth-order valence-corrected chi connectivity index (χ4v) is 2.77. The Morgan fingerprint density at radius 1 is 1.00 bits per heavy atom. The van der Waals surface area contributed by atoms with Gasteiger partial charge in [0.2, 0.25) is 0 Å². The first-order valence-electron chi connectivity index (χ1n) is 8.22. The monoisotopic (exact) mass is 327 g/mol. The van der Waals surface area contributed by atoms with E-state index in [0.29, 0.717) is 26.2 Å². The lowest BCUT2D eigenvalue weighted by molar-refractivity contribution is -0.152. The zero-order valence-electron chi connectivity index (χ0n) is 14.1. The summed E-state index contributed by atoms with van der Waals surface area (Å²) in [5.74, 6) is -0.913. The summed E-state index contributed by atoms with van der Waals surface area (Å²) >= 11 is 0. The molecule has 1 aliphatic rings. The van der Waals surface area contributed by atoms with Crippen LogP contribution < -0.4 is 0 Å². The van der Waals surface area contributed by atoms with Crippen LogP contribution in [0.25, 0.3) is 0 Å². The number of hydrogen-bond donors (Lipinski definition) is 0. The predicted octanol–water partition coefficient (Wildman–Crippen LogP) is 1.53. The molecule has 0 unspecified atom stereocenters. The Bertz CT molecular complexity index is 568. The van der Waals surface area contributed by atoms with E-state index in [1.54, 1.807) is 17.1 Å². The lowest BCUT2D eigenvalue weighted by Gasteiger charge is -2.35. The maximum Gasteiger partial charge on any atom is 0.312 e. The standard InChI is InChI=1S/C19H25N3O2/c1-3-10-21(11-4-2)18(23)19(24)22-14-12-20(13-15-22)16-17-8-6-5-7-9-17/h3-9H,1-2,10-16H2. The number of benzene rings is 1. The second-order valence-electron chi connectivity index (χ2n) is 5.84. The van der Waals surface area contributed by atoms with E-state index in [0.717, 1.165) is 19.6 Å². The second kappa shape index (κ2) is 9.03. The molecule has 128 valence electrons. The van der Waals surface area contributed by atoms with Crippen LogP contribution in [0, 0.1) is 0 Å². The maximum atomic E-state index is 12.4. The molecule has 0 aromatic heterocycles. The average Bonchev–Trinajstić information content (AvgIpc) is 2.62. The van der Waals surface area contributed by atoms with Crippen molar-refractivity contribution >= 4 is 11.8 Å². The van der Waals surface area contributed by atoms with Crippen molar-refractivity contribution < 1.29 is 9.59 Å². The van der Waals surface area contributed by atoms with Crippen LogP contribution in [0.1, 0.15) is 5.56 Å². The molecule has 5 nitrogen and oxygen atoms in total. The molecule has 1 aromatic rings. The molecule has 1 aliphatic heterocycles. The van der Waals surface area contributed by atoms with Crippen LogP contribution in [0.5, 0.6) is 0 Å². The molecule has 2 rings (SSSR count). The Morgan fingerprint density at radius 3 is 2.12 bits per heavy atom. The van der Waals surface area contributed by atoms with Gasteiger partial charge in [0, 0.05) is 45.8 Å². The lowest BCUT2D eigenvalue weighted by atomic mass is 10.2. The maximum absolute atomic E-state index is 12.4. The molecule has 0 radical (unpaired) electrons. The van der Waals surface area contributed by atoms with Crippen molar-refractivity contribution in [3.63, 3.8) is 0 Å². The number of carbonyl (C=O) groups excluding carboxylic acids is 2. The first kappa shape index (κ1) is 17.9. The van der Waals surface area contributed by atoms with Gasteiger partial charge in [0.15, 0.2) is 0 Å². The average molecular weight is 327 g/mol. The molecule has 0 bridgehead atoms. The van der Waals surface area contributed by atoms with E-state index in [1.165, 1.54) is 10.5 Å². The second-order valence-corrected chi connectivity index (χ2v) is 5.84. The molecule has 2 amide bonds. The summed E-state index contributed by atoms with van der Waals surface area (Å²) in [4.78, 5) is 30.1. The van der Waals surface area contributed by atoms with Gasteiger partial charge in [-0.15, -0.1) is 13.2 Å². The number of hydrogen-bond acceptors (Lipinski definition) is 3. The van der Waals surface area contributed by atoms with E-state index in [4.69, 9.17) is 0 Å². The summed E-state index contributed by atoms with van der Waals surface area (Å²) in [5.41, 5.74) is 1.26. The third-order valence-corrected chi connectivity index (χ3v) is 4.08. The van der Waals surface area contributed by atoms with Gasteiger partial charge in [-0.2, -0.15) is 0 Å². The molecule has 0 spiro atoms. The summed E-state index contributed by atoms with van der Waals surface area (Å²) in [7, 11) is 0. The van der Waals surface area contributed by atoms with E-state index >= 15 is 0 Å². The molecule has 1 saturated heterocycles. The van der Waals surface area contributed by atoms with Gasteiger partial charge in [-0.25, -0.2) is 0 Å². The van der Waals surface area contributed by atoms with Gasteiger partial charge in [0.1, 0.15) is 0 Å². The van der Waals surface area contributed by atoms with Gasteiger partial charge in [-0.1, -0.05) is 42.5 Å². The van der Waals surface area contributed by atoms with Gasteiger partial charge in [0.25, 0.3) is 0 Å². The van der Waals surface area contributed by atoms with Gasteiger partial charge in [-0.05, 0) is 5.56 Å². The summed E-state index contributed by atoms with van der Waals surface area (Å²) < 4.78 is 0. The highest BCUT2D eigenvalue weighted by atomic mass is 16.2. The first-order chi connectivity index (χ1) is 11.7. The van der Waals surface area contributed by atoms with E-state index in [2.05, 4.69) is 30.2 Å². The molecule has 0 N–H and O–H groups in total. The summed E-state index contributed by atoms with van der Waals surface area (Å²) in [6.45, 7) is 11.5. The van der Waals surface area contributed by atoms with Crippen LogP contribution >= 0.6 is 0 Å². The highest BCUT2D eigenvalue weighted by Crippen LogP contribution is 2.09. The quantitative estimate of drug-likeness (QED) is 0.588. The lowest BCUT2D eigenvalue weighted by Crippen LogP contribution is -2.53. The Morgan fingerprint density at radius 2 is 1.58 bits per heavy atom. The largest absolute Gasteiger partial charge is 0.332 e. The van der Waals surface area contributed by atoms with Crippen molar-refractivity contribution in [3.05, 3.63) is 61.2 Å². The molecular weight excluding hydrogens is 302 g/mol. The van der Waals surface area contributed by atoms with Crippen LogP contribution in [0.15, 0.2) is 55.6 Å². The van der Waals surface area contributed by atoms with Crippen LogP contribution in [-0.4, -0.2) is 65.8 Å². The zero-order valence-corrected chi connectivity index (χ0v) is 14.1. The third-order valence-electron chi connectivity index (χ3n) is 4.08. The van der Waals surface area contributed by atoms with Crippen molar-refractivity contribution in [1.29, 1.82) is 0 Å². The van der Waals surface area contributed by atoms with Crippen molar-refractivity contribution in [2.75, 3.05) is 39.3 Å². The summed E-state index contributed by atoms with van der Waals surface area (Å²) in [6.07, 6.45) is 3.24. The fourth-order valence-electron chi connectivity index (χ4n) is 2.77. The summed E-state index contributed by atoms with van der Waals surface area (Å²) in [5, 5.41) is 0. The Kier molecular flexibility index (Phi) is 6.75. The van der Waals surface area contributed by atoms with Gasteiger partial charge >= 0.3 is 11.8 Å². The zero-order chi connectivity index (χ0) is 17.4. The van der Waals surface area contributed by atoms with Gasteiger partial charge in [-0.3, -0.25) is 14.5 Å². The topological polar surface area (TPSA) is 43.9 Å². The molecule has 0 atom stereocenters. The Hall–Kier alpha value is -2.40. The fraction of sp³-hybridized carbons (Fsp3) is 0.368. The van der Waals surface area contributed by atoms with Crippen molar-refractivity contribution in [3.8, 4) is 0 Å². The number of amides is 2. The Balaban J connectivity index is 1.86. The van der Waals surface area contributed by atoms with Crippen molar-refractivity contribution in [1.82, 2.24) is 14.7 Å². The van der Waals surface area contributed by atoms with E-state index in [9.17, 15) is 9.59 Å². The van der Waals surface area contributed by atoms with Crippen molar-refractivity contribution in [2.24, 2.45) is 0 Å². The van der Waals surface area contributed by atoms with Crippen LogP contribution in [0.2, 0.25) is 0 Å². The number of nitrogens with zero attached hydrogens (tertiary/aromatic N) is 3. The van der Waals surface area contributed by atoms with Crippen LogP contribution in [-0.2, 0) is 16.1 Å². The smallest absolute Gasteiger partial charge is 0.312 e. The molecule has 0 saturated carbocycles. The number of piperazine rings is 1. The molecule has 24 heavy (non-hydrogen) atoms. The number of rotatable bonds is 6. The highest BCUT2D eigenvalue weighted by molar-refractivity contribution is 6.35. The molecule has 5 heteroatoms. The molecule has 1 heterocycles. The normalized spacial score (nSPS) is 14.9. The molecular formula is C19H25N3O2. The minimum absolute atomic E-state index is 0.352. The van der Waals surface area contributed by atoms with E-state index in [1.807, 2.05) is 18.2 Å². The summed E-state index contributed by atoms with van der Waals surface area (Å²) in [6, 6.07) is 10.3. The molecule has 1 fully saturated rings. The van der Waals surface area contributed by atoms with Gasteiger partial charge < -0.3 is 9.80 Å². The van der Waals surface area contributed by atoms with E-state index < -0.39 is 11.8 Å². The first-order valence-corrected chi connectivity index (χ1v) is 8.22. The molecule has 1 aromatic carbocycles. The number of carbonyl (C=O) groups is 2. The van der Waals surface area contributed by atoms with Crippen molar-refractivity contribution in [2.45, 2.75) is 6.54 Å². The van der Waals surface area contributed by atoms with Gasteiger partial charge in [0.05, 0.1) is 0 Å². The third kappa shape index (κ3) is 4.80. The predicted molar refractivity (Wildman–Crippen MR) is 95.3 cm³/mol. The SMILES string of the molecule is C=CCN(CC=C)C(=O)C(=O)N1CCN(Cc2ccccc2)CC1. The molecule has 0 aliphatic carbocycles.